The fraction of sp³-hybridized carbons (Fsp3) is 0.391. The molecule has 3 aromatic rings. The van der Waals surface area contributed by atoms with Crippen molar-refractivity contribution >= 4 is 23.5 Å². The zero-order valence-electron chi connectivity index (χ0n) is 18.1. The topological polar surface area (TPSA) is 88.8 Å². The number of benzene rings is 2. The predicted molar refractivity (Wildman–Crippen MR) is 125 cm³/mol. The molecule has 2 aromatic carbocycles. The molecule has 10 heteroatoms. The van der Waals surface area contributed by atoms with Gasteiger partial charge in [-0.25, -0.2) is 8.51 Å². The first-order valence-corrected chi connectivity index (χ1v) is 12.5. The summed E-state index contributed by atoms with van der Waals surface area (Å²) in [5, 5.41) is 7.74. The Bertz CT molecular complexity index is 1130. The predicted octanol–water partition coefficient (Wildman–Crippen LogP) is 2.99. The highest BCUT2D eigenvalue weighted by Crippen LogP contribution is 2.30. The van der Waals surface area contributed by atoms with Gasteiger partial charge in [-0.15, -0.1) is 10.2 Å². The highest BCUT2D eigenvalue weighted by molar-refractivity contribution is 7.65. The minimum absolute atomic E-state index is 0.100. The van der Waals surface area contributed by atoms with Crippen LogP contribution in [0.3, 0.4) is 0 Å². The second-order valence-electron chi connectivity index (χ2n) is 8.53. The number of ether oxygens (including phenoxy) is 1. The molecule has 172 valence electrons. The van der Waals surface area contributed by atoms with E-state index in [-0.39, 0.29) is 11.9 Å². The van der Waals surface area contributed by atoms with E-state index < -0.39 is 0 Å². The maximum atomic E-state index is 11.8. The molecule has 5 rings (SSSR count). The lowest BCUT2D eigenvalue weighted by Gasteiger charge is -2.27. The quantitative estimate of drug-likeness (QED) is 0.388. The van der Waals surface area contributed by atoms with Gasteiger partial charge in [-0.05, 0) is 53.6 Å². The van der Waals surface area contributed by atoms with Crippen molar-refractivity contribution in [2.24, 2.45) is 5.92 Å². The number of fused-ring (bicyclic) bond motifs is 1. The number of nitrogens with zero attached hydrogens (tertiary/aromatic N) is 4. The van der Waals surface area contributed by atoms with E-state index in [0.717, 1.165) is 56.7 Å². The molecule has 8 nitrogen and oxygen atoms in total. The van der Waals surface area contributed by atoms with E-state index in [2.05, 4.69) is 27.2 Å². The molecule has 0 aliphatic carbocycles. The number of hydrogen-bond acceptors (Lipinski definition) is 7. The van der Waals surface area contributed by atoms with Crippen molar-refractivity contribution in [1.82, 2.24) is 19.4 Å². The fourth-order valence-corrected chi connectivity index (χ4v) is 5.28. The summed E-state index contributed by atoms with van der Waals surface area (Å²) in [4.78, 5) is 2.97. The van der Waals surface area contributed by atoms with Crippen LogP contribution in [0, 0.1) is 5.92 Å². The molecule has 1 saturated heterocycles. The van der Waals surface area contributed by atoms with E-state index in [0.29, 0.717) is 40.7 Å². The summed E-state index contributed by atoms with van der Waals surface area (Å²) >= 11 is 0.579. The van der Waals surface area contributed by atoms with Gasteiger partial charge < -0.3 is 9.15 Å². The fourth-order valence-electron chi connectivity index (χ4n) is 4.48. The van der Waals surface area contributed by atoms with Crippen LogP contribution in [0.1, 0.15) is 29.5 Å². The Morgan fingerprint density at radius 1 is 1.12 bits per heavy atom. The molecule has 2 aliphatic rings. The molecule has 3 heterocycles. The minimum atomic E-state index is 0.100. The van der Waals surface area contributed by atoms with E-state index in [1.165, 1.54) is 17.5 Å². The largest absolute Gasteiger partial charge is 0.509 e. The Kier molecular flexibility index (Phi) is 6.86. The Labute approximate surface area is 200 Å². The summed E-state index contributed by atoms with van der Waals surface area (Å²) in [7, 11) is 0. The van der Waals surface area contributed by atoms with Crippen molar-refractivity contribution in [3.05, 3.63) is 59.5 Å². The first kappa shape index (κ1) is 22.3. The van der Waals surface area contributed by atoms with Gasteiger partial charge in [0.05, 0.1) is 18.5 Å². The van der Waals surface area contributed by atoms with Crippen molar-refractivity contribution in [1.29, 1.82) is 0 Å². The molecule has 0 radical (unpaired) electrons. The smallest absolute Gasteiger partial charge is 0.487 e. The highest BCUT2D eigenvalue weighted by atomic mass is 32.2. The number of aromatic nitrogens is 2. The van der Waals surface area contributed by atoms with Crippen molar-refractivity contribution in [2.75, 3.05) is 19.7 Å². The number of rotatable bonds is 8. The maximum absolute atomic E-state index is 11.8. The Balaban J connectivity index is 1.19. The monoisotopic (exact) mass is 485 g/mol. The summed E-state index contributed by atoms with van der Waals surface area (Å²) in [5.74, 6) is 1.60. The van der Waals surface area contributed by atoms with Crippen LogP contribution in [0.4, 0.5) is 0 Å². The van der Waals surface area contributed by atoms with Gasteiger partial charge in [0, 0.05) is 48.6 Å². The van der Waals surface area contributed by atoms with E-state index in [9.17, 15) is 8.42 Å². The maximum Gasteiger partial charge on any atom is 0.509 e. The van der Waals surface area contributed by atoms with Crippen LogP contribution in [0.15, 0.2) is 52.1 Å². The average Bonchev–Trinajstić information content (AvgIpc) is 3.53. The summed E-state index contributed by atoms with van der Waals surface area (Å²) in [6.45, 7) is 4.66. The third-order valence-corrected chi connectivity index (χ3v) is 7.42. The molecule has 1 fully saturated rings. The molecule has 0 unspecified atom stereocenters. The molecule has 1 aromatic heterocycles. The molecule has 0 amide bonds. The minimum Gasteiger partial charge on any atom is -0.487 e. The first-order valence-electron chi connectivity index (χ1n) is 11.0. The standard InChI is InChI=1S/C23H25N4O4S2/c28-32-22-9-17(1-4-21(22)30-14-16-5-7-27(33-29)8-6-16)11-26-12-19-3-2-18(10-20(19)13-26)23-25-24-15-31-23/h1-4,9-10,15-16,33H,5-8,11-14H2/q+1. The van der Waals surface area contributed by atoms with Gasteiger partial charge in [0.1, 0.15) is 0 Å². The van der Waals surface area contributed by atoms with Crippen LogP contribution in [-0.2, 0) is 47.4 Å². The lowest BCUT2D eigenvalue weighted by molar-refractivity contribution is 0.186. The molecular formula is C23H25N4O4S2+. The molecule has 0 atom stereocenters. The average molecular weight is 486 g/mol. The van der Waals surface area contributed by atoms with E-state index >= 15 is 0 Å². The van der Waals surface area contributed by atoms with E-state index in [1.807, 2.05) is 28.6 Å². The van der Waals surface area contributed by atoms with Gasteiger partial charge in [-0.2, -0.15) is 0 Å². The summed E-state index contributed by atoms with van der Waals surface area (Å²) in [5.41, 5.74) is 4.57. The second-order valence-corrected chi connectivity index (χ2v) is 9.86. The van der Waals surface area contributed by atoms with Crippen molar-refractivity contribution in [3.8, 4) is 17.2 Å². The summed E-state index contributed by atoms with van der Waals surface area (Å²) < 4.78 is 35.9. The van der Waals surface area contributed by atoms with Crippen molar-refractivity contribution in [2.45, 2.75) is 37.4 Å². The molecule has 0 saturated carbocycles. The highest BCUT2D eigenvalue weighted by Gasteiger charge is 2.24. The Morgan fingerprint density at radius 2 is 1.97 bits per heavy atom. The number of piperidine rings is 1. The van der Waals surface area contributed by atoms with Crippen LogP contribution < -0.4 is 4.74 Å². The van der Waals surface area contributed by atoms with Crippen LogP contribution in [-0.4, -0.2) is 43.3 Å². The van der Waals surface area contributed by atoms with Crippen molar-refractivity contribution < 1.29 is 17.6 Å². The Morgan fingerprint density at radius 3 is 2.73 bits per heavy atom. The number of hydrogen-bond donors (Lipinski definition) is 1. The molecule has 0 spiro atoms. The van der Waals surface area contributed by atoms with E-state index in [1.54, 1.807) is 0 Å². The molecular weight excluding hydrogens is 460 g/mol. The lowest BCUT2D eigenvalue weighted by atomic mass is 9.99. The molecule has 33 heavy (non-hydrogen) atoms. The first-order chi connectivity index (χ1) is 16.2. The van der Waals surface area contributed by atoms with Gasteiger partial charge in [0.25, 0.3) is 0 Å². The van der Waals surface area contributed by atoms with Gasteiger partial charge >= 0.3 is 16.6 Å². The Hall–Kier alpha value is -2.53. The third kappa shape index (κ3) is 5.19. The van der Waals surface area contributed by atoms with Gasteiger partial charge in [0.2, 0.25) is 12.3 Å². The zero-order chi connectivity index (χ0) is 22.6. The van der Waals surface area contributed by atoms with Crippen LogP contribution in [0.25, 0.3) is 11.5 Å². The van der Waals surface area contributed by atoms with Gasteiger partial charge in [0.15, 0.2) is 5.75 Å². The van der Waals surface area contributed by atoms with Gasteiger partial charge in [-0.3, -0.25) is 4.90 Å². The zero-order valence-corrected chi connectivity index (χ0v) is 19.8. The second kappa shape index (κ2) is 10.2. The third-order valence-electron chi connectivity index (χ3n) is 6.29. The van der Waals surface area contributed by atoms with E-state index in [4.69, 9.17) is 9.15 Å². The lowest BCUT2D eigenvalue weighted by Crippen LogP contribution is -2.32. The summed E-state index contributed by atoms with van der Waals surface area (Å²) in [6.07, 6.45) is 3.25. The van der Waals surface area contributed by atoms with Crippen LogP contribution >= 0.6 is 0 Å². The molecule has 2 aliphatic heterocycles. The van der Waals surface area contributed by atoms with Crippen LogP contribution in [0.2, 0.25) is 0 Å². The normalized spacial score (nSPS) is 17.2. The SMILES string of the molecule is O=[S+]c1cc(CN2Cc3ccc(-c4nnco4)cc3C2)ccc1OCC1CCN([SH]=O)CC1. The van der Waals surface area contributed by atoms with Crippen molar-refractivity contribution in [3.63, 3.8) is 0 Å². The molecule has 0 N–H and O–H groups in total. The van der Waals surface area contributed by atoms with Gasteiger partial charge in [-0.1, -0.05) is 12.1 Å². The summed E-state index contributed by atoms with van der Waals surface area (Å²) in [6, 6.07) is 12.1. The molecule has 0 bridgehead atoms. The van der Waals surface area contributed by atoms with Crippen LogP contribution in [0.5, 0.6) is 5.75 Å². The number of thiol groups is 1.